The topological polar surface area (TPSA) is 141 Å². The maximum atomic E-state index is 12.2. The van der Waals surface area contributed by atoms with Crippen molar-refractivity contribution >= 4 is 12.1 Å². The van der Waals surface area contributed by atoms with Gasteiger partial charge in [0.1, 0.15) is 29.8 Å². The fourth-order valence-corrected chi connectivity index (χ4v) is 4.04. The van der Waals surface area contributed by atoms with Gasteiger partial charge in [-0.2, -0.15) is 0 Å². The molecular weight excluding hydrogens is 452 g/mol. The van der Waals surface area contributed by atoms with Crippen molar-refractivity contribution < 1.29 is 24.2 Å². The monoisotopic (exact) mass is 480 g/mol. The van der Waals surface area contributed by atoms with Crippen molar-refractivity contribution in [3.05, 3.63) is 53.5 Å². The van der Waals surface area contributed by atoms with Crippen molar-refractivity contribution in [2.45, 2.75) is 51.9 Å². The molecule has 1 fully saturated rings. The van der Waals surface area contributed by atoms with Crippen molar-refractivity contribution in [3.8, 4) is 17.3 Å². The van der Waals surface area contributed by atoms with Crippen molar-refractivity contribution in [2.24, 2.45) is 13.0 Å². The standard InChI is InChI=1S/C24H28N6O5/c1-15-22(35-18-10-6-9-17(11-18)23(31)32)25-12-19(27-15)21-20(30(2)29-28-21)13-26-24(33)34-14-16-7-4-3-5-8-16/h3-5,7-8,12,17-18H,6,9-11,13-14H2,1-2H3,(H,26,33)(H,31,32)/t17-,18?/m0/s1. The smallest absolute Gasteiger partial charge is 0.407 e. The summed E-state index contributed by atoms with van der Waals surface area (Å²) < 4.78 is 12.8. The van der Waals surface area contributed by atoms with Crippen LogP contribution < -0.4 is 10.1 Å². The number of alkyl carbamates (subject to hydrolysis) is 1. The summed E-state index contributed by atoms with van der Waals surface area (Å²) in [4.78, 5) is 32.5. The summed E-state index contributed by atoms with van der Waals surface area (Å²) in [5.74, 6) is -0.808. The zero-order valence-corrected chi connectivity index (χ0v) is 19.7. The summed E-state index contributed by atoms with van der Waals surface area (Å²) in [6, 6.07) is 9.42. The van der Waals surface area contributed by atoms with Crippen molar-refractivity contribution in [3.63, 3.8) is 0 Å². The predicted molar refractivity (Wildman–Crippen MR) is 124 cm³/mol. The molecule has 0 spiro atoms. The summed E-state index contributed by atoms with van der Waals surface area (Å²) in [6.45, 7) is 2.09. The zero-order valence-electron chi connectivity index (χ0n) is 19.7. The van der Waals surface area contributed by atoms with Crippen LogP contribution >= 0.6 is 0 Å². The average Bonchev–Trinajstić information content (AvgIpc) is 3.23. The number of aliphatic carboxylic acids is 1. The van der Waals surface area contributed by atoms with E-state index in [9.17, 15) is 14.7 Å². The first kappa shape index (κ1) is 24.1. The van der Waals surface area contributed by atoms with Gasteiger partial charge in [0.2, 0.25) is 5.88 Å². The molecule has 2 N–H and O–H groups in total. The van der Waals surface area contributed by atoms with Crippen LogP contribution in [0.3, 0.4) is 0 Å². The molecule has 2 aromatic heterocycles. The van der Waals surface area contributed by atoms with E-state index >= 15 is 0 Å². The number of carbonyl (C=O) groups is 2. The molecule has 2 atom stereocenters. The molecule has 1 aliphatic carbocycles. The number of carboxylic acids is 1. The number of hydrogen-bond donors (Lipinski definition) is 2. The van der Waals surface area contributed by atoms with E-state index in [2.05, 4.69) is 25.6 Å². The molecule has 184 valence electrons. The second-order valence-corrected chi connectivity index (χ2v) is 8.51. The lowest BCUT2D eigenvalue weighted by atomic mass is 9.87. The van der Waals surface area contributed by atoms with Gasteiger partial charge in [0, 0.05) is 7.05 Å². The molecule has 4 rings (SSSR count). The highest BCUT2D eigenvalue weighted by molar-refractivity contribution is 5.70. The second-order valence-electron chi connectivity index (χ2n) is 8.51. The fourth-order valence-electron chi connectivity index (χ4n) is 4.04. The number of benzene rings is 1. The second kappa shape index (κ2) is 10.9. The molecular formula is C24H28N6O5. The van der Waals surface area contributed by atoms with E-state index in [-0.39, 0.29) is 19.3 Å². The number of carboxylic acid groups (broad SMARTS) is 1. The number of carbonyl (C=O) groups excluding carboxylic acids is 1. The Kier molecular flexibility index (Phi) is 7.54. The average molecular weight is 481 g/mol. The summed E-state index contributed by atoms with van der Waals surface area (Å²) in [6.07, 6.45) is 3.49. The Balaban J connectivity index is 1.39. The normalized spacial score (nSPS) is 17.5. The third-order valence-electron chi connectivity index (χ3n) is 5.95. The maximum absolute atomic E-state index is 12.2. The van der Waals surface area contributed by atoms with Crippen LogP contribution in [-0.2, 0) is 29.7 Å². The summed E-state index contributed by atoms with van der Waals surface area (Å²) in [5, 5.41) is 20.3. The first-order valence-electron chi connectivity index (χ1n) is 11.5. The number of rotatable bonds is 8. The van der Waals surface area contributed by atoms with Crippen LogP contribution in [0.15, 0.2) is 36.5 Å². The predicted octanol–water partition coefficient (Wildman–Crippen LogP) is 3.03. The molecule has 1 aromatic carbocycles. The summed E-state index contributed by atoms with van der Waals surface area (Å²) >= 11 is 0. The van der Waals surface area contributed by atoms with E-state index < -0.39 is 18.0 Å². The van der Waals surface area contributed by atoms with Crippen molar-refractivity contribution in [1.29, 1.82) is 0 Å². The number of nitrogens with one attached hydrogen (secondary N) is 1. The first-order chi connectivity index (χ1) is 16.9. The number of hydrogen-bond acceptors (Lipinski definition) is 8. The number of ether oxygens (including phenoxy) is 2. The Hall–Kier alpha value is -4.02. The van der Waals surface area contributed by atoms with Gasteiger partial charge in [0.15, 0.2) is 0 Å². The third kappa shape index (κ3) is 6.11. The van der Waals surface area contributed by atoms with Crippen molar-refractivity contribution in [1.82, 2.24) is 30.3 Å². The highest BCUT2D eigenvalue weighted by Crippen LogP contribution is 2.29. The largest absolute Gasteiger partial charge is 0.481 e. The number of aromatic nitrogens is 5. The third-order valence-corrected chi connectivity index (χ3v) is 5.95. The lowest BCUT2D eigenvalue weighted by molar-refractivity contribution is -0.143. The molecule has 1 amide bonds. The Morgan fingerprint density at radius 3 is 2.77 bits per heavy atom. The quantitative estimate of drug-likeness (QED) is 0.497. The summed E-state index contributed by atoms with van der Waals surface area (Å²) in [7, 11) is 1.72. The van der Waals surface area contributed by atoms with Gasteiger partial charge in [-0.25, -0.2) is 19.4 Å². The van der Waals surface area contributed by atoms with Crippen LogP contribution in [-0.4, -0.2) is 48.2 Å². The highest BCUT2D eigenvalue weighted by Gasteiger charge is 2.29. The van der Waals surface area contributed by atoms with Crippen LogP contribution in [0.2, 0.25) is 0 Å². The van der Waals surface area contributed by atoms with E-state index in [1.807, 2.05) is 30.3 Å². The minimum atomic E-state index is -0.788. The van der Waals surface area contributed by atoms with Gasteiger partial charge in [0.05, 0.1) is 24.4 Å². The van der Waals surface area contributed by atoms with Gasteiger partial charge >= 0.3 is 12.1 Å². The maximum Gasteiger partial charge on any atom is 0.407 e. The van der Waals surface area contributed by atoms with Gasteiger partial charge in [-0.05, 0) is 38.2 Å². The molecule has 11 heteroatoms. The lowest BCUT2D eigenvalue weighted by Crippen LogP contribution is -2.30. The number of nitrogens with zero attached hydrogens (tertiary/aromatic N) is 5. The lowest BCUT2D eigenvalue weighted by Gasteiger charge is -2.27. The molecule has 0 aliphatic heterocycles. The Bertz CT molecular complexity index is 1180. The van der Waals surface area contributed by atoms with E-state index in [1.165, 1.54) is 0 Å². The molecule has 0 bridgehead atoms. The van der Waals surface area contributed by atoms with Gasteiger partial charge in [0.25, 0.3) is 0 Å². The molecule has 0 radical (unpaired) electrons. The van der Waals surface area contributed by atoms with Crippen LogP contribution in [0.4, 0.5) is 4.79 Å². The zero-order chi connectivity index (χ0) is 24.8. The molecule has 3 aromatic rings. The fraction of sp³-hybridized carbons (Fsp3) is 0.417. The minimum Gasteiger partial charge on any atom is -0.481 e. The Morgan fingerprint density at radius 1 is 1.23 bits per heavy atom. The molecule has 0 saturated heterocycles. The van der Waals surface area contributed by atoms with Gasteiger partial charge in [-0.1, -0.05) is 35.5 Å². The van der Waals surface area contributed by atoms with Gasteiger partial charge in [-0.15, -0.1) is 5.10 Å². The molecule has 35 heavy (non-hydrogen) atoms. The van der Waals surface area contributed by atoms with Crippen LogP contribution in [0, 0.1) is 12.8 Å². The highest BCUT2D eigenvalue weighted by atomic mass is 16.5. The Labute approximate surface area is 202 Å². The molecule has 11 nitrogen and oxygen atoms in total. The molecule has 1 saturated carbocycles. The van der Waals surface area contributed by atoms with Gasteiger partial charge < -0.3 is 19.9 Å². The molecule has 1 aliphatic rings. The van der Waals surface area contributed by atoms with Crippen LogP contribution in [0.5, 0.6) is 5.88 Å². The Morgan fingerprint density at radius 2 is 2.03 bits per heavy atom. The summed E-state index contributed by atoms with van der Waals surface area (Å²) in [5.41, 5.74) is 3.07. The van der Waals surface area contributed by atoms with Crippen LogP contribution in [0.25, 0.3) is 11.4 Å². The first-order valence-corrected chi connectivity index (χ1v) is 11.5. The van der Waals surface area contributed by atoms with E-state index in [0.29, 0.717) is 41.5 Å². The van der Waals surface area contributed by atoms with E-state index in [0.717, 1.165) is 18.4 Å². The SMILES string of the molecule is Cc1nc(-c2nnn(C)c2CNC(=O)OCc2ccccc2)cnc1OC1CCC[C@H](C(=O)O)C1. The number of amides is 1. The van der Waals surface area contributed by atoms with Crippen molar-refractivity contribution in [2.75, 3.05) is 0 Å². The minimum absolute atomic E-state index is 0.143. The van der Waals surface area contributed by atoms with Gasteiger partial charge in [-0.3, -0.25) is 4.79 Å². The molecule has 2 heterocycles. The van der Waals surface area contributed by atoms with E-state index in [1.54, 1.807) is 24.9 Å². The molecule has 1 unspecified atom stereocenters. The van der Waals surface area contributed by atoms with Crippen LogP contribution in [0.1, 0.15) is 42.6 Å². The van der Waals surface area contributed by atoms with E-state index in [4.69, 9.17) is 9.47 Å². The number of aryl methyl sites for hydroxylation is 2.